The number of alkyl carbamates (subject to hydrolysis) is 2. The van der Waals surface area contributed by atoms with Crippen LogP contribution in [0.15, 0.2) is 119 Å². The number of carbonyl (C=O) groups is 2. The van der Waals surface area contributed by atoms with Crippen LogP contribution >= 0.6 is 0 Å². The van der Waals surface area contributed by atoms with Crippen molar-refractivity contribution in [1.29, 1.82) is 0 Å². The molecule has 10 atom stereocenters. The van der Waals surface area contributed by atoms with Crippen LogP contribution in [-0.4, -0.2) is 185 Å². The van der Waals surface area contributed by atoms with Gasteiger partial charge in [0.25, 0.3) is 0 Å². The third-order valence-corrected chi connectivity index (χ3v) is 20.1. The molecule has 22 nitrogen and oxygen atoms in total. The van der Waals surface area contributed by atoms with Crippen molar-refractivity contribution >= 4 is 57.4 Å². The van der Waals surface area contributed by atoms with E-state index in [0.29, 0.717) is 18.7 Å². The Labute approximate surface area is 506 Å². The molecule has 86 heavy (non-hydrogen) atoms. The summed E-state index contributed by atoms with van der Waals surface area (Å²) in [5.41, 5.74) is 1.53. The molecule has 4 aromatic carbocycles. The Hall–Kier alpha value is -5.03. The number of carbonyl (C=O) groups excluding carboxylic acids is 2. The molecule has 0 aromatic heterocycles. The molecule has 5 aliphatic heterocycles. The Bertz CT molecular complexity index is 3050. The van der Waals surface area contributed by atoms with Gasteiger partial charge >= 0.3 is 26.4 Å². The lowest BCUT2D eigenvalue weighted by atomic mass is 9.79. The molecule has 470 valence electrons. The second-order valence-electron chi connectivity index (χ2n) is 24.5. The van der Waals surface area contributed by atoms with Gasteiger partial charge in [0.2, 0.25) is 20.0 Å². The van der Waals surface area contributed by atoms with Crippen molar-refractivity contribution in [2.24, 2.45) is 23.7 Å². The molecule has 5 fully saturated rings. The Morgan fingerprint density at radius 3 is 1.35 bits per heavy atom. The Morgan fingerprint density at radius 1 is 0.593 bits per heavy atom. The monoisotopic (exact) mass is 1230 g/mol. The van der Waals surface area contributed by atoms with E-state index < -0.39 is 94.2 Å². The highest BCUT2D eigenvalue weighted by Crippen LogP contribution is 2.37. The van der Waals surface area contributed by atoms with E-state index in [1.807, 2.05) is 116 Å². The number of rotatable bonds is 24. The Morgan fingerprint density at radius 2 is 0.977 bits per heavy atom. The lowest BCUT2D eigenvalue weighted by Crippen LogP contribution is -2.51. The molecule has 5 saturated heterocycles. The average molecular weight is 1240 g/mol. The maximum absolute atomic E-state index is 14.0. The van der Waals surface area contributed by atoms with E-state index in [9.17, 15) is 46.7 Å². The number of ether oxygens (including phenoxy) is 6. The van der Waals surface area contributed by atoms with Crippen molar-refractivity contribution in [2.45, 2.75) is 151 Å². The van der Waals surface area contributed by atoms with E-state index in [1.54, 1.807) is 12.1 Å². The van der Waals surface area contributed by atoms with Gasteiger partial charge in [-0.15, -0.1) is 0 Å². The molecular formula is C60H84B2N4O18S2. The fraction of sp³-hybridized carbons (Fsp3) is 0.567. The molecule has 0 spiro atoms. The summed E-state index contributed by atoms with van der Waals surface area (Å²) in [5, 5.41) is 47.2. The van der Waals surface area contributed by atoms with Gasteiger partial charge in [-0.3, -0.25) is 0 Å². The zero-order valence-electron chi connectivity index (χ0n) is 50.2. The molecule has 5 heterocycles. The molecule has 0 aliphatic carbocycles. The first kappa shape index (κ1) is 66.9. The van der Waals surface area contributed by atoms with E-state index in [4.69, 9.17) is 37.7 Å². The first-order chi connectivity index (χ1) is 40.7. The number of hydrogen-bond acceptors (Lipinski definition) is 18. The number of nitrogens with zero attached hydrogens (tertiary/aromatic N) is 2. The predicted octanol–water partition coefficient (Wildman–Crippen LogP) is 3.57. The average Bonchev–Trinajstić information content (AvgIpc) is 1.81. The summed E-state index contributed by atoms with van der Waals surface area (Å²) in [5.74, 6) is -0.172. The fourth-order valence-corrected chi connectivity index (χ4v) is 14.2. The molecule has 5 aliphatic rings. The Balaban J connectivity index is 0.000000226. The van der Waals surface area contributed by atoms with Crippen molar-refractivity contribution in [3.05, 3.63) is 120 Å². The third-order valence-electron chi connectivity index (χ3n) is 16.4. The SMILES string of the molecule is CC(C)CN(C[C@@H](O)[C@H](Cc1ccccc1)NC(=O)O[C@H]1CO[C@H]2OCC[C@H]21)S(=O)(=O)c1ccc(B(O)O)cc1.CC(C)CN(C[C@@H](O)[C@H](Cc1ccccc1)NC(=O)O[C@H]1CO[C@H]2OCC[C@H]21)S(=O)(=O)c1ccc(B2OC(C)(C)C(C)(C)O2)cc1. The number of amides is 2. The number of hydrogen-bond donors (Lipinski definition) is 6. The summed E-state index contributed by atoms with van der Waals surface area (Å²) < 4.78 is 103. The largest absolute Gasteiger partial charge is 0.494 e. The smallest absolute Gasteiger partial charge is 0.443 e. The molecule has 4 aromatic rings. The van der Waals surface area contributed by atoms with E-state index in [0.717, 1.165) is 24.0 Å². The van der Waals surface area contributed by atoms with Crippen LogP contribution in [-0.2, 0) is 70.6 Å². The van der Waals surface area contributed by atoms with Gasteiger partial charge in [0.15, 0.2) is 12.6 Å². The highest BCUT2D eigenvalue weighted by molar-refractivity contribution is 7.89. The van der Waals surface area contributed by atoms with Crippen molar-refractivity contribution < 1.29 is 84.4 Å². The number of benzene rings is 4. The molecule has 0 bridgehead atoms. The second-order valence-corrected chi connectivity index (χ2v) is 28.4. The van der Waals surface area contributed by atoms with E-state index in [-0.39, 0.29) is 104 Å². The molecule has 2 amide bonds. The maximum Gasteiger partial charge on any atom is 0.494 e. The van der Waals surface area contributed by atoms with Crippen LogP contribution in [0.25, 0.3) is 0 Å². The third kappa shape index (κ3) is 17.0. The van der Waals surface area contributed by atoms with Crippen LogP contribution in [0, 0.1) is 23.7 Å². The summed E-state index contributed by atoms with van der Waals surface area (Å²) in [7, 11) is -10.4. The zero-order chi connectivity index (χ0) is 62.1. The van der Waals surface area contributed by atoms with Crippen molar-refractivity contribution in [3.8, 4) is 0 Å². The summed E-state index contributed by atoms with van der Waals surface area (Å²) in [6, 6.07) is 28.7. The van der Waals surface area contributed by atoms with Crippen LogP contribution in [0.5, 0.6) is 0 Å². The maximum atomic E-state index is 14.0. The number of aliphatic hydroxyl groups is 2. The van der Waals surface area contributed by atoms with Crippen molar-refractivity contribution in [3.63, 3.8) is 0 Å². The number of nitrogens with one attached hydrogen (secondary N) is 2. The molecular weight excluding hydrogens is 1150 g/mol. The van der Waals surface area contributed by atoms with Gasteiger partial charge in [-0.2, -0.15) is 8.61 Å². The second kappa shape index (κ2) is 29.1. The van der Waals surface area contributed by atoms with E-state index in [2.05, 4.69) is 10.6 Å². The normalized spacial score (nSPS) is 23.7. The van der Waals surface area contributed by atoms with Crippen LogP contribution in [0.2, 0.25) is 0 Å². The highest BCUT2D eigenvalue weighted by Gasteiger charge is 2.52. The molecule has 0 unspecified atom stereocenters. The fourth-order valence-electron chi connectivity index (χ4n) is 11.0. The van der Waals surface area contributed by atoms with E-state index in [1.165, 1.54) is 45.0 Å². The number of sulfonamides is 2. The van der Waals surface area contributed by atoms with Gasteiger partial charge in [-0.25, -0.2) is 26.4 Å². The summed E-state index contributed by atoms with van der Waals surface area (Å²) >= 11 is 0. The highest BCUT2D eigenvalue weighted by atomic mass is 32.2. The predicted molar refractivity (Wildman–Crippen MR) is 320 cm³/mol. The van der Waals surface area contributed by atoms with Gasteiger partial charge in [-0.1, -0.05) is 113 Å². The summed E-state index contributed by atoms with van der Waals surface area (Å²) in [4.78, 5) is 26.1. The quantitative estimate of drug-likeness (QED) is 0.0547. The topological polar surface area (TPSA) is 288 Å². The lowest BCUT2D eigenvalue weighted by Gasteiger charge is -2.32. The van der Waals surface area contributed by atoms with Gasteiger partial charge in [-0.05, 0) is 112 Å². The van der Waals surface area contributed by atoms with Crippen LogP contribution in [0.3, 0.4) is 0 Å². The van der Waals surface area contributed by atoms with Gasteiger partial charge in [0.05, 0.1) is 83.5 Å². The number of fused-ring (bicyclic) bond motifs is 2. The lowest BCUT2D eigenvalue weighted by molar-refractivity contribution is -0.0909. The van der Waals surface area contributed by atoms with Crippen molar-refractivity contribution in [1.82, 2.24) is 19.2 Å². The van der Waals surface area contributed by atoms with Crippen LogP contribution in [0.4, 0.5) is 9.59 Å². The molecule has 9 rings (SSSR count). The van der Waals surface area contributed by atoms with Crippen LogP contribution < -0.4 is 21.6 Å². The summed E-state index contributed by atoms with van der Waals surface area (Å²) in [6.07, 6.45) is -3.66. The summed E-state index contributed by atoms with van der Waals surface area (Å²) in [6.45, 7) is 16.7. The molecule has 6 N–H and O–H groups in total. The molecule has 0 radical (unpaired) electrons. The van der Waals surface area contributed by atoms with E-state index >= 15 is 0 Å². The van der Waals surface area contributed by atoms with Gasteiger partial charge in [0, 0.05) is 26.2 Å². The minimum absolute atomic E-state index is 0.0274. The standard InChI is InChI=1S/C33H47BN2O9S.C27H37BN2O9S/c1-22(2)19-36(46(39,40)25-14-12-24(13-15-25)34-44-32(3,4)33(5,6)45-34)20-28(37)27(18-23-10-8-7-9-11-23)35-31(38)43-29-21-42-30-26(29)16-17-41-30;1-18(2)15-30(40(35,36)21-10-8-20(9-11-21)28(33)34)16-24(31)23(14-19-6-4-3-5-7-19)29-27(32)39-25-17-38-26-22(25)12-13-37-26/h7-15,22,26-30,37H,16-21H2,1-6H3,(H,35,38);3-11,18,22-26,31,33-34H,12-17H2,1-2H3,(H,29,32)/t26-,27-,28+,29-,30+;22-,23-,24+,25-,26+/m00/s1. The van der Waals surface area contributed by atoms with Crippen LogP contribution in [0.1, 0.15) is 79.4 Å². The van der Waals surface area contributed by atoms with Gasteiger partial charge < -0.3 is 68.6 Å². The minimum Gasteiger partial charge on any atom is -0.443 e. The molecule has 0 saturated carbocycles. The van der Waals surface area contributed by atoms with Gasteiger partial charge in [0.1, 0.15) is 12.2 Å². The first-order valence-electron chi connectivity index (χ1n) is 29.5. The minimum atomic E-state index is -4.06. The molecule has 26 heteroatoms. The Kier molecular flexibility index (Phi) is 22.6. The first-order valence-corrected chi connectivity index (χ1v) is 32.4. The number of aliphatic hydroxyl groups excluding tert-OH is 2. The van der Waals surface area contributed by atoms with Crippen molar-refractivity contribution in [2.75, 3.05) is 52.6 Å². The zero-order valence-corrected chi connectivity index (χ0v) is 51.8.